The molecule has 0 bridgehead atoms. The largest absolute Gasteiger partial charge is 0.355 e. The van der Waals surface area contributed by atoms with Crippen LogP contribution in [0.4, 0.5) is 0 Å². The lowest BCUT2D eigenvalue weighted by Gasteiger charge is -2.29. The van der Waals surface area contributed by atoms with E-state index in [2.05, 4.69) is 23.3 Å². The minimum absolute atomic E-state index is 0.0818. The van der Waals surface area contributed by atoms with E-state index in [9.17, 15) is 4.79 Å². The molecule has 0 aromatic heterocycles. The number of carbonyl (C=O) groups is 1. The topological polar surface area (TPSA) is 56.1 Å². The van der Waals surface area contributed by atoms with Gasteiger partial charge in [0.15, 0.2) is 0 Å². The van der Waals surface area contributed by atoms with Crippen LogP contribution in [0.1, 0.15) is 33.1 Å². The van der Waals surface area contributed by atoms with Gasteiger partial charge in [0.05, 0.1) is 6.07 Å². The fourth-order valence-corrected chi connectivity index (χ4v) is 2.37. The lowest BCUT2D eigenvalue weighted by molar-refractivity contribution is -0.124. The molecule has 0 saturated carbocycles. The predicted octanol–water partition coefficient (Wildman–Crippen LogP) is 1.63. The van der Waals surface area contributed by atoms with E-state index in [4.69, 9.17) is 5.26 Å². The van der Waals surface area contributed by atoms with Gasteiger partial charge in [0, 0.05) is 6.54 Å². The summed E-state index contributed by atoms with van der Waals surface area (Å²) < 4.78 is 0. The molecule has 0 aromatic rings. The maximum Gasteiger partial charge on any atom is 0.237 e. The monoisotopic (exact) mass is 251 g/mol. The second-order valence-electron chi connectivity index (χ2n) is 5.68. The maximum atomic E-state index is 11.8. The summed E-state index contributed by atoms with van der Waals surface area (Å²) in [6.45, 7) is 6.84. The number of carbonyl (C=O) groups excluding carboxylic acids is 1. The van der Waals surface area contributed by atoms with Crippen molar-refractivity contribution >= 4 is 5.91 Å². The van der Waals surface area contributed by atoms with E-state index in [1.54, 1.807) is 0 Å². The average molecular weight is 251 g/mol. The number of likely N-dealkylation sites (tertiary alicyclic amines) is 1. The van der Waals surface area contributed by atoms with Crippen LogP contribution in [0.3, 0.4) is 0 Å². The Hall–Kier alpha value is -1.08. The van der Waals surface area contributed by atoms with Crippen molar-refractivity contribution in [2.75, 3.05) is 26.7 Å². The molecule has 0 aliphatic carbocycles. The summed E-state index contributed by atoms with van der Waals surface area (Å²) in [7, 11) is 2.15. The molecule has 1 atom stereocenters. The van der Waals surface area contributed by atoms with Crippen LogP contribution in [0.5, 0.6) is 0 Å². The second kappa shape index (κ2) is 7.38. The van der Waals surface area contributed by atoms with Gasteiger partial charge in [-0.3, -0.25) is 4.79 Å². The maximum absolute atomic E-state index is 11.8. The summed E-state index contributed by atoms with van der Waals surface area (Å²) in [5, 5.41) is 11.8. The predicted molar refractivity (Wildman–Crippen MR) is 71.8 cm³/mol. The molecule has 1 N–H and O–H groups in total. The molecule has 1 fully saturated rings. The third-order valence-corrected chi connectivity index (χ3v) is 3.78. The molecule has 1 aliphatic heterocycles. The molecule has 102 valence electrons. The van der Waals surface area contributed by atoms with Crippen LogP contribution in [0.2, 0.25) is 0 Å². The summed E-state index contributed by atoms with van der Waals surface area (Å²) in [5.74, 6) is 0.183. The molecule has 18 heavy (non-hydrogen) atoms. The Morgan fingerprint density at radius 2 is 2.06 bits per heavy atom. The molecular formula is C14H25N3O. The van der Waals surface area contributed by atoms with E-state index in [-0.39, 0.29) is 11.8 Å². The number of nitriles is 1. The first kappa shape index (κ1) is 15.0. The van der Waals surface area contributed by atoms with Crippen molar-refractivity contribution in [1.82, 2.24) is 10.2 Å². The van der Waals surface area contributed by atoms with E-state index in [0.29, 0.717) is 6.54 Å². The molecule has 1 rings (SSSR count). The van der Waals surface area contributed by atoms with Crippen LogP contribution >= 0.6 is 0 Å². The van der Waals surface area contributed by atoms with Crippen LogP contribution in [0.25, 0.3) is 0 Å². The zero-order chi connectivity index (χ0) is 13.5. The Kier molecular flexibility index (Phi) is 6.14. The number of nitrogens with zero attached hydrogens (tertiary/aromatic N) is 2. The Labute approximate surface area is 110 Å². The number of hydrogen-bond acceptors (Lipinski definition) is 3. The molecule has 0 radical (unpaired) electrons. The Balaban J connectivity index is 2.21. The molecule has 1 heterocycles. The van der Waals surface area contributed by atoms with Gasteiger partial charge in [-0.05, 0) is 51.2 Å². The molecule has 0 aromatic carbocycles. The van der Waals surface area contributed by atoms with Crippen LogP contribution < -0.4 is 5.32 Å². The zero-order valence-electron chi connectivity index (χ0n) is 11.8. The fourth-order valence-electron chi connectivity index (χ4n) is 2.37. The van der Waals surface area contributed by atoms with Gasteiger partial charge in [-0.15, -0.1) is 0 Å². The quantitative estimate of drug-likeness (QED) is 0.808. The van der Waals surface area contributed by atoms with E-state index in [0.717, 1.165) is 25.4 Å². The highest BCUT2D eigenvalue weighted by atomic mass is 16.1. The highest BCUT2D eigenvalue weighted by Gasteiger charge is 2.22. The number of hydrogen-bond donors (Lipinski definition) is 1. The third-order valence-electron chi connectivity index (χ3n) is 3.78. The number of piperidine rings is 1. The van der Waals surface area contributed by atoms with Crippen molar-refractivity contribution in [2.24, 2.45) is 17.8 Å². The lowest BCUT2D eigenvalue weighted by Crippen LogP contribution is -2.35. The first-order valence-corrected chi connectivity index (χ1v) is 6.90. The molecule has 1 amide bonds. The van der Waals surface area contributed by atoms with Crippen molar-refractivity contribution in [3.8, 4) is 6.07 Å². The molecule has 4 nitrogen and oxygen atoms in total. The van der Waals surface area contributed by atoms with Crippen molar-refractivity contribution < 1.29 is 4.79 Å². The Morgan fingerprint density at radius 1 is 1.44 bits per heavy atom. The van der Waals surface area contributed by atoms with Gasteiger partial charge < -0.3 is 10.2 Å². The van der Waals surface area contributed by atoms with E-state index < -0.39 is 5.92 Å². The first-order chi connectivity index (χ1) is 8.54. The van der Waals surface area contributed by atoms with Gasteiger partial charge in [0.2, 0.25) is 5.91 Å². The van der Waals surface area contributed by atoms with Gasteiger partial charge in [0.25, 0.3) is 0 Å². The van der Waals surface area contributed by atoms with Gasteiger partial charge in [0.1, 0.15) is 5.92 Å². The normalized spacial score (nSPS) is 19.5. The minimum atomic E-state index is -0.512. The fraction of sp³-hybridized carbons (Fsp3) is 0.857. The van der Waals surface area contributed by atoms with Gasteiger partial charge >= 0.3 is 0 Å². The Bertz CT molecular complexity index is 301. The molecule has 1 unspecified atom stereocenters. The summed E-state index contributed by atoms with van der Waals surface area (Å²) in [6.07, 6.45) is 3.48. The molecule has 0 spiro atoms. The number of nitrogens with one attached hydrogen (secondary N) is 1. The van der Waals surface area contributed by atoms with Gasteiger partial charge in [-0.2, -0.15) is 5.26 Å². The molecule has 1 saturated heterocycles. The number of rotatable bonds is 5. The molecule has 1 aliphatic rings. The van der Waals surface area contributed by atoms with Crippen molar-refractivity contribution in [3.63, 3.8) is 0 Å². The highest BCUT2D eigenvalue weighted by Crippen LogP contribution is 2.18. The van der Waals surface area contributed by atoms with Gasteiger partial charge in [-0.1, -0.05) is 13.8 Å². The second-order valence-corrected chi connectivity index (χ2v) is 5.68. The SMILES string of the molecule is CC(C)C(C#N)C(=O)NCCC1CCN(C)CC1. The summed E-state index contributed by atoms with van der Waals surface area (Å²) in [5.41, 5.74) is 0. The Morgan fingerprint density at radius 3 is 2.56 bits per heavy atom. The van der Waals surface area contributed by atoms with Crippen LogP contribution in [0, 0.1) is 29.1 Å². The minimum Gasteiger partial charge on any atom is -0.355 e. The van der Waals surface area contributed by atoms with Crippen LogP contribution in [-0.2, 0) is 4.79 Å². The summed E-state index contributed by atoms with van der Waals surface area (Å²) in [6, 6.07) is 2.08. The van der Waals surface area contributed by atoms with Crippen molar-refractivity contribution in [2.45, 2.75) is 33.1 Å². The van der Waals surface area contributed by atoms with Crippen LogP contribution in [0.15, 0.2) is 0 Å². The highest BCUT2D eigenvalue weighted by molar-refractivity contribution is 5.81. The molecule has 4 heteroatoms. The van der Waals surface area contributed by atoms with E-state index >= 15 is 0 Å². The standard InChI is InChI=1S/C14H25N3O/c1-11(2)13(10-15)14(18)16-7-4-12-5-8-17(3)9-6-12/h11-13H,4-9H2,1-3H3,(H,16,18). The smallest absolute Gasteiger partial charge is 0.237 e. The molecular weight excluding hydrogens is 226 g/mol. The zero-order valence-corrected chi connectivity index (χ0v) is 11.8. The summed E-state index contributed by atoms with van der Waals surface area (Å²) >= 11 is 0. The first-order valence-electron chi connectivity index (χ1n) is 6.90. The van der Waals surface area contributed by atoms with E-state index in [1.807, 2.05) is 13.8 Å². The van der Waals surface area contributed by atoms with Crippen LogP contribution in [-0.4, -0.2) is 37.5 Å². The van der Waals surface area contributed by atoms with Crippen molar-refractivity contribution in [3.05, 3.63) is 0 Å². The van der Waals surface area contributed by atoms with Crippen molar-refractivity contribution in [1.29, 1.82) is 5.26 Å². The average Bonchev–Trinajstić information content (AvgIpc) is 2.32. The summed E-state index contributed by atoms with van der Waals surface area (Å²) in [4.78, 5) is 14.1. The number of amides is 1. The lowest BCUT2D eigenvalue weighted by atomic mass is 9.93. The van der Waals surface area contributed by atoms with Gasteiger partial charge in [-0.25, -0.2) is 0 Å². The third kappa shape index (κ3) is 4.66. The van der Waals surface area contributed by atoms with E-state index in [1.165, 1.54) is 12.8 Å².